The second-order valence-corrected chi connectivity index (χ2v) is 5.40. The average Bonchev–Trinajstić information content (AvgIpc) is 2.56. The highest BCUT2D eigenvalue weighted by Crippen LogP contribution is 2.40. The zero-order valence-corrected chi connectivity index (χ0v) is 9.84. The lowest BCUT2D eigenvalue weighted by Crippen LogP contribution is -2.41. The van der Waals surface area contributed by atoms with Crippen molar-refractivity contribution >= 4 is 7.12 Å². The van der Waals surface area contributed by atoms with Crippen LogP contribution in [0.2, 0.25) is 0 Å². The Hall–Kier alpha value is -0.345. The molecule has 1 aliphatic carbocycles. The summed E-state index contributed by atoms with van der Waals surface area (Å²) in [6.07, 6.45) is 2.11. The first-order valence-electron chi connectivity index (χ1n) is 5.50. The van der Waals surface area contributed by atoms with E-state index >= 15 is 0 Å². The predicted molar refractivity (Wildman–Crippen MR) is 58.3 cm³/mol. The van der Waals surface area contributed by atoms with E-state index in [2.05, 4.69) is 0 Å². The topological polar surface area (TPSA) is 18.5 Å². The third-order valence-corrected chi connectivity index (χ3v) is 3.65. The summed E-state index contributed by atoms with van der Waals surface area (Å²) in [6.45, 7) is 8.04. The van der Waals surface area contributed by atoms with Gasteiger partial charge in [0, 0.05) is 0 Å². The van der Waals surface area contributed by atoms with E-state index in [0.717, 1.165) is 5.47 Å². The summed E-state index contributed by atoms with van der Waals surface area (Å²) in [4.78, 5) is 0. The zero-order chi connectivity index (χ0) is 11.3. The molecule has 2 rings (SSSR count). The fourth-order valence-electron chi connectivity index (χ4n) is 1.89. The van der Waals surface area contributed by atoms with Gasteiger partial charge in [-0.2, -0.15) is 0 Å². The fourth-order valence-corrected chi connectivity index (χ4v) is 1.89. The highest BCUT2D eigenvalue weighted by molar-refractivity contribution is 6.54. The van der Waals surface area contributed by atoms with E-state index in [1.165, 1.54) is 0 Å². The van der Waals surface area contributed by atoms with Gasteiger partial charge < -0.3 is 9.31 Å². The Kier molecular flexibility index (Phi) is 2.47. The van der Waals surface area contributed by atoms with Crippen molar-refractivity contribution in [2.45, 2.75) is 57.9 Å². The monoisotopic (exact) mass is 212 g/mol. The summed E-state index contributed by atoms with van der Waals surface area (Å²) < 4.78 is 24.7. The molecule has 0 radical (unpaired) electrons. The minimum absolute atomic E-state index is 0.326. The molecule has 0 spiro atoms. The predicted octanol–water partition coefficient (Wildman–Crippen LogP) is 2.68. The lowest BCUT2D eigenvalue weighted by Gasteiger charge is -2.32. The molecule has 4 heteroatoms. The van der Waals surface area contributed by atoms with Gasteiger partial charge >= 0.3 is 7.12 Å². The molecule has 2 nitrogen and oxygen atoms in total. The van der Waals surface area contributed by atoms with Crippen LogP contribution in [-0.2, 0) is 9.31 Å². The summed E-state index contributed by atoms with van der Waals surface area (Å²) in [6, 6.07) is 0. The van der Waals surface area contributed by atoms with Crippen LogP contribution in [0.25, 0.3) is 0 Å². The van der Waals surface area contributed by atoms with E-state index < -0.39 is 6.17 Å². The molecule has 1 heterocycles. The minimum Gasteiger partial charge on any atom is -0.400 e. The van der Waals surface area contributed by atoms with E-state index in [1.807, 2.05) is 33.8 Å². The van der Waals surface area contributed by atoms with E-state index in [9.17, 15) is 4.39 Å². The molecule has 0 bridgehead atoms. The van der Waals surface area contributed by atoms with Crippen molar-refractivity contribution in [2.75, 3.05) is 0 Å². The Morgan fingerprint density at radius 1 is 1.27 bits per heavy atom. The maximum atomic E-state index is 13.0. The molecule has 1 aliphatic heterocycles. The molecule has 1 atom stereocenters. The van der Waals surface area contributed by atoms with Gasteiger partial charge in [0.15, 0.2) is 0 Å². The number of hydrogen-bond acceptors (Lipinski definition) is 2. The third kappa shape index (κ3) is 1.85. The van der Waals surface area contributed by atoms with Crippen molar-refractivity contribution in [2.24, 2.45) is 0 Å². The molecular formula is C11H18BFO2. The van der Waals surface area contributed by atoms with Crippen LogP contribution in [-0.4, -0.2) is 24.5 Å². The van der Waals surface area contributed by atoms with Gasteiger partial charge in [-0.05, 0) is 46.0 Å². The van der Waals surface area contributed by atoms with E-state index in [1.54, 1.807) is 0 Å². The van der Waals surface area contributed by atoms with Gasteiger partial charge in [0.2, 0.25) is 0 Å². The lowest BCUT2D eigenvalue weighted by molar-refractivity contribution is 0.00578. The second kappa shape index (κ2) is 3.32. The van der Waals surface area contributed by atoms with Gasteiger partial charge in [-0.3, -0.25) is 0 Å². The van der Waals surface area contributed by atoms with Crippen molar-refractivity contribution in [3.05, 3.63) is 11.5 Å². The number of rotatable bonds is 1. The Bertz CT molecular complexity index is 283. The number of hydrogen-bond donors (Lipinski definition) is 0. The molecule has 0 aromatic rings. The van der Waals surface area contributed by atoms with Gasteiger partial charge in [0.05, 0.1) is 11.2 Å². The number of allylic oxidation sites excluding steroid dienone is 2. The Balaban J connectivity index is 2.10. The van der Waals surface area contributed by atoms with Gasteiger partial charge in [-0.15, -0.1) is 0 Å². The van der Waals surface area contributed by atoms with Crippen LogP contribution >= 0.6 is 0 Å². The maximum Gasteiger partial charge on any atom is 0.490 e. The Morgan fingerprint density at radius 2 is 1.80 bits per heavy atom. The van der Waals surface area contributed by atoms with Crippen molar-refractivity contribution in [3.8, 4) is 0 Å². The molecule has 1 unspecified atom stereocenters. The first kappa shape index (κ1) is 11.1. The highest BCUT2D eigenvalue weighted by atomic mass is 19.1. The molecule has 2 aliphatic rings. The Morgan fingerprint density at radius 3 is 2.20 bits per heavy atom. The average molecular weight is 212 g/mol. The smallest absolute Gasteiger partial charge is 0.400 e. The molecular weight excluding hydrogens is 194 g/mol. The molecule has 15 heavy (non-hydrogen) atoms. The first-order valence-corrected chi connectivity index (χ1v) is 5.50. The van der Waals surface area contributed by atoms with Crippen molar-refractivity contribution < 1.29 is 13.7 Å². The molecule has 84 valence electrons. The SMILES string of the molecule is CC1(C)OB(C2=CCC(F)C2)OC1(C)C. The van der Waals surface area contributed by atoms with Crippen LogP contribution in [0.5, 0.6) is 0 Å². The zero-order valence-electron chi connectivity index (χ0n) is 9.84. The summed E-state index contributed by atoms with van der Waals surface area (Å²) >= 11 is 0. The minimum atomic E-state index is -0.751. The van der Waals surface area contributed by atoms with E-state index in [4.69, 9.17) is 9.31 Å². The standard InChI is InChI=1S/C11H18BFO2/c1-10(2)11(3,4)15-12(14-10)8-5-6-9(13)7-8/h5,9H,6-7H2,1-4H3. The molecule has 0 aromatic heterocycles. The van der Waals surface area contributed by atoms with Gasteiger partial charge in [0.25, 0.3) is 0 Å². The van der Waals surface area contributed by atoms with Crippen LogP contribution in [0, 0.1) is 0 Å². The van der Waals surface area contributed by atoms with Gasteiger partial charge in [-0.25, -0.2) is 4.39 Å². The molecule has 1 saturated heterocycles. The van der Waals surface area contributed by atoms with Crippen LogP contribution in [0.4, 0.5) is 4.39 Å². The molecule has 0 N–H and O–H groups in total. The van der Waals surface area contributed by atoms with Gasteiger partial charge in [-0.1, -0.05) is 6.08 Å². The quantitative estimate of drug-likeness (QED) is 0.622. The summed E-state index contributed by atoms with van der Waals surface area (Å²) in [5.41, 5.74) is 0.306. The Labute approximate surface area is 91.0 Å². The highest BCUT2D eigenvalue weighted by Gasteiger charge is 2.52. The largest absolute Gasteiger partial charge is 0.490 e. The molecule has 1 fully saturated rings. The van der Waals surface area contributed by atoms with Crippen LogP contribution < -0.4 is 0 Å². The first-order chi connectivity index (χ1) is 6.82. The number of halogens is 1. The number of alkyl halides is 1. The molecule has 0 amide bonds. The van der Waals surface area contributed by atoms with Crippen LogP contribution in [0.1, 0.15) is 40.5 Å². The summed E-state index contributed by atoms with van der Waals surface area (Å²) in [7, 11) is -0.351. The summed E-state index contributed by atoms with van der Waals surface area (Å²) in [5.74, 6) is 0. The van der Waals surface area contributed by atoms with E-state index in [0.29, 0.717) is 12.8 Å². The van der Waals surface area contributed by atoms with Crippen LogP contribution in [0.15, 0.2) is 11.5 Å². The van der Waals surface area contributed by atoms with Crippen molar-refractivity contribution in [3.63, 3.8) is 0 Å². The second-order valence-electron chi connectivity index (χ2n) is 5.40. The van der Waals surface area contributed by atoms with Crippen LogP contribution in [0.3, 0.4) is 0 Å². The maximum absolute atomic E-state index is 13.0. The molecule has 0 saturated carbocycles. The van der Waals surface area contributed by atoms with E-state index in [-0.39, 0.29) is 18.3 Å². The van der Waals surface area contributed by atoms with Gasteiger partial charge in [0.1, 0.15) is 6.17 Å². The normalized spacial score (nSPS) is 33.3. The summed E-state index contributed by atoms with van der Waals surface area (Å²) in [5, 5.41) is 0. The van der Waals surface area contributed by atoms with Crippen molar-refractivity contribution in [1.82, 2.24) is 0 Å². The third-order valence-electron chi connectivity index (χ3n) is 3.65. The fraction of sp³-hybridized carbons (Fsp3) is 0.818. The molecule has 0 aromatic carbocycles. The lowest BCUT2D eigenvalue weighted by atomic mass is 9.78. The van der Waals surface area contributed by atoms with Crippen molar-refractivity contribution in [1.29, 1.82) is 0 Å².